The Hall–Kier alpha value is -3.41. The van der Waals surface area contributed by atoms with E-state index in [1.807, 2.05) is 54.6 Å². The molecule has 126 valence electrons. The number of H-pyrrole nitrogens is 1. The van der Waals surface area contributed by atoms with Crippen molar-refractivity contribution in [1.29, 1.82) is 0 Å². The zero-order valence-corrected chi connectivity index (χ0v) is 13.7. The molecule has 4 N–H and O–H groups in total. The van der Waals surface area contributed by atoms with Crippen LogP contribution in [0.25, 0.3) is 11.1 Å². The number of rotatable bonds is 5. The van der Waals surface area contributed by atoms with Gasteiger partial charge in [-0.2, -0.15) is 5.10 Å². The second-order valence-corrected chi connectivity index (χ2v) is 5.72. The number of aromatic nitrogens is 2. The van der Waals surface area contributed by atoms with Crippen molar-refractivity contribution in [1.82, 2.24) is 10.2 Å². The molecular weight excluding hydrogens is 316 g/mol. The van der Waals surface area contributed by atoms with Crippen LogP contribution < -0.4 is 11.1 Å². The van der Waals surface area contributed by atoms with Crippen molar-refractivity contribution < 1.29 is 9.59 Å². The molecule has 0 spiro atoms. The van der Waals surface area contributed by atoms with E-state index in [9.17, 15) is 9.59 Å². The number of benzene rings is 2. The first-order valence-electron chi connectivity index (χ1n) is 7.83. The van der Waals surface area contributed by atoms with Gasteiger partial charge in [0.05, 0.1) is 17.8 Å². The van der Waals surface area contributed by atoms with E-state index in [0.29, 0.717) is 11.4 Å². The van der Waals surface area contributed by atoms with Gasteiger partial charge in [-0.05, 0) is 23.6 Å². The Morgan fingerprint density at radius 1 is 1.04 bits per heavy atom. The summed E-state index contributed by atoms with van der Waals surface area (Å²) < 4.78 is 0. The number of aryl methyl sites for hydroxylation is 1. The number of hydrogen-bond donors (Lipinski definition) is 3. The van der Waals surface area contributed by atoms with Gasteiger partial charge in [-0.3, -0.25) is 14.7 Å². The van der Waals surface area contributed by atoms with Crippen LogP contribution in [0, 0.1) is 6.92 Å². The van der Waals surface area contributed by atoms with Crippen LogP contribution in [-0.4, -0.2) is 22.0 Å². The van der Waals surface area contributed by atoms with Crippen LogP contribution in [0.15, 0.2) is 54.6 Å². The topological polar surface area (TPSA) is 101 Å². The maximum atomic E-state index is 12.3. The van der Waals surface area contributed by atoms with E-state index in [-0.39, 0.29) is 18.0 Å². The molecule has 0 saturated heterocycles. The molecule has 0 atom stereocenters. The average molecular weight is 334 g/mol. The number of primary amides is 1. The number of carbonyl (C=O) groups excluding carboxylic acids is 2. The Bertz CT molecular complexity index is 899. The molecule has 6 nitrogen and oxygen atoms in total. The fraction of sp³-hybridized carbons (Fsp3) is 0.105. The third-order valence-corrected chi connectivity index (χ3v) is 3.87. The SMILES string of the molecule is Cc1[nH]nc(C(N)=O)c1NC(=O)Cc1ccc(-c2ccccc2)cc1. The summed E-state index contributed by atoms with van der Waals surface area (Å²) >= 11 is 0. The fourth-order valence-electron chi connectivity index (χ4n) is 2.58. The quantitative estimate of drug-likeness (QED) is 0.668. The third-order valence-electron chi connectivity index (χ3n) is 3.87. The zero-order chi connectivity index (χ0) is 17.8. The van der Waals surface area contributed by atoms with E-state index in [4.69, 9.17) is 5.73 Å². The summed E-state index contributed by atoms with van der Waals surface area (Å²) in [6.07, 6.45) is 0.192. The number of hydrogen-bond acceptors (Lipinski definition) is 3. The molecule has 2 aromatic carbocycles. The van der Waals surface area contributed by atoms with Crippen LogP contribution in [0.4, 0.5) is 5.69 Å². The molecule has 3 aromatic rings. The summed E-state index contributed by atoms with van der Waals surface area (Å²) in [5, 5.41) is 9.16. The van der Waals surface area contributed by atoms with E-state index in [2.05, 4.69) is 15.5 Å². The second-order valence-electron chi connectivity index (χ2n) is 5.72. The number of aromatic amines is 1. The van der Waals surface area contributed by atoms with Gasteiger partial charge in [0, 0.05) is 0 Å². The van der Waals surface area contributed by atoms with Crippen molar-refractivity contribution in [3.63, 3.8) is 0 Å². The average Bonchev–Trinajstić information content (AvgIpc) is 2.97. The summed E-state index contributed by atoms with van der Waals surface area (Å²) in [5.41, 5.74) is 9.29. The van der Waals surface area contributed by atoms with E-state index in [0.717, 1.165) is 16.7 Å². The minimum absolute atomic E-state index is 0.0327. The van der Waals surface area contributed by atoms with Gasteiger partial charge in [-0.15, -0.1) is 0 Å². The highest BCUT2D eigenvalue weighted by atomic mass is 16.2. The molecule has 6 heteroatoms. The molecule has 0 unspecified atom stereocenters. The molecule has 0 radical (unpaired) electrons. The van der Waals surface area contributed by atoms with Crippen LogP contribution in [0.5, 0.6) is 0 Å². The zero-order valence-electron chi connectivity index (χ0n) is 13.7. The molecule has 25 heavy (non-hydrogen) atoms. The van der Waals surface area contributed by atoms with Gasteiger partial charge >= 0.3 is 0 Å². The minimum Gasteiger partial charge on any atom is -0.364 e. The lowest BCUT2D eigenvalue weighted by Gasteiger charge is -2.07. The predicted molar refractivity (Wildman–Crippen MR) is 96.1 cm³/mol. The van der Waals surface area contributed by atoms with Crippen molar-refractivity contribution in [2.24, 2.45) is 5.73 Å². The highest BCUT2D eigenvalue weighted by Gasteiger charge is 2.17. The largest absolute Gasteiger partial charge is 0.364 e. The summed E-state index contributed by atoms with van der Waals surface area (Å²) in [5.74, 6) is -0.925. The van der Waals surface area contributed by atoms with Crippen molar-refractivity contribution in [2.45, 2.75) is 13.3 Å². The molecule has 1 aromatic heterocycles. The van der Waals surface area contributed by atoms with Gasteiger partial charge < -0.3 is 11.1 Å². The number of nitrogens with zero attached hydrogens (tertiary/aromatic N) is 1. The lowest BCUT2D eigenvalue weighted by atomic mass is 10.0. The number of nitrogens with two attached hydrogens (primary N) is 1. The Morgan fingerprint density at radius 2 is 1.68 bits per heavy atom. The van der Waals surface area contributed by atoms with Gasteiger partial charge in [0.2, 0.25) is 5.91 Å². The van der Waals surface area contributed by atoms with Crippen molar-refractivity contribution in [3.8, 4) is 11.1 Å². The van der Waals surface area contributed by atoms with Crippen molar-refractivity contribution >= 4 is 17.5 Å². The van der Waals surface area contributed by atoms with Crippen LogP contribution in [-0.2, 0) is 11.2 Å². The van der Waals surface area contributed by atoms with Crippen LogP contribution in [0.1, 0.15) is 21.7 Å². The summed E-state index contributed by atoms with van der Waals surface area (Å²) in [6.45, 7) is 1.71. The highest BCUT2D eigenvalue weighted by Crippen LogP contribution is 2.20. The maximum absolute atomic E-state index is 12.3. The minimum atomic E-state index is -0.688. The Kier molecular flexibility index (Phi) is 4.61. The van der Waals surface area contributed by atoms with E-state index in [1.54, 1.807) is 6.92 Å². The smallest absolute Gasteiger partial charge is 0.271 e. The molecule has 0 aliphatic heterocycles. The predicted octanol–water partition coefficient (Wildman–Crippen LogP) is 2.67. The van der Waals surface area contributed by atoms with Gasteiger partial charge in [0.25, 0.3) is 5.91 Å². The van der Waals surface area contributed by atoms with Crippen LogP contribution in [0.3, 0.4) is 0 Å². The van der Waals surface area contributed by atoms with E-state index in [1.165, 1.54) is 0 Å². The Labute approximate surface area is 145 Å². The summed E-state index contributed by atoms with van der Waals surface area (Å²) in [6, 6.07) is 17.8. The molecule has 0 fully saturated rings. The second kappa shape index (κ2) is 7.00. The molecule has 0 aliphatic rings. The lowest BCUT2D eigenvalue weighted by molar-refractivity contribution is -0.115. The molecule has 3 rings (SSSR count). The van der Waals surface area contributed by atoms with E-state index >= 15 is 0 Å². The maximum Gasteiger partial charge on any atom is 0.271 e. The van der Waals surface area contributed by atoms with Crippen LogP contribution >= 0.6 is 0 Å². The molecule has 2 amide bonds. The van der Waals surface area contributed by atoms with E-state index < -0.39 is 5.91 Å². The number of amides is 2. The molecular formula is C19H18N4O2. The fourth-order valence-corrected chi connectivity index (χ4v) is 2.58. The van der Waals surface area contributed by atoms with Crippen molar-refractivity contribution in [3.05, 3.63) is 71.5 Å². The first-order valence-corrected chi connectivity index (χ1v) is 7.83. The monoisotopic (exact) mass is 334 g/mol. The van der Waals surface area contributed by atoms with Gasteiger partial charge in [0.15, 0.2) is 5.69 Å². The van der Waals surface area contributed by atoms with Gasteiger partial charge in [-0.1, -0.05) is 54.6 Å². The third kappa shape index (κ3) is 3.74. The lowest BCUT2D eigenvalue weighted by Crippen LogP contribution is -2.19. The first kappa shape index (κ1) is 16.4. The summed E-state index contributed by atoms with van der Waals surface area (Å²) in [7, 11) is 0. The first-order chi connectivity index (χ1) is 12.0. The van der Waals surface area contributed by atoms with Gasteiger partial charge in [0.1, 0.15) is 0 Å². The standard InChI is InChI=1S/C19H18N4O2/c1-12-17(18(19(20)25)23-22-12)21-16(24)11-13-7-9-15(10-8-13)14-5-3-2-4-6-14/h2-10H,11H2,1H3,(H2,20,25)(H,21,24)(H,22,23). The number of anilines is 1. The Balaban J connectivity index is 1.70. The molecule has 0 saturated carbocycles. The van der Waals surface area contributed by atoms with Crippen LogP contribution in [0.2, 0.25) is 0 Å². The van der Waals surface area contributed by atoms with Gasteiger partial charge in [-0.25, -0.2) is 0 Å². The van der Waals surface area contributed by atoms with Crippen molar-refractivity contribution in [2.75, 3.05) is 5.32 Å². The molecule has 0 aliphatic carbocycles. The number of nitrogens with one attached hydrogen (secondary N) is 2. The number of carbonyl (C=O) groups is 2. The normalized spacial score (nSPS) is 10.4. The Morgan fingerprint density at radius 3 is 2.32 bits per heavy atom. The molecule has 1 heterocycles. The molecule has 0 bridgehead atoms. The summed E-state index contributed by atoms with van der Waals surface area (Å²) in [4.78, 5) is 23.6. The highest BCUT2D eigenvalue weighted by molar-refractivity contribution is 6.02.